The Balaban J connectivity index is 2.43. The van der Waals surface area contributed by atoms with E-state index in [0.29, 0.717) is 0 Å². The summed E-state index contributed by atoms with van der Waals surface area (Å²) in [5.74, 6) is -1.26. The third-order valence-electron chi connectivity index (χ3n) is 3.03. The Morgan fingerprint density at radius 2 is 2.24 bits per heavy atom. The molecule has 1 aromatic rings. The van der Waals surface area contributed by atoms with E-state index in [-0.39, 0.29) is 29.1 Å². The highest BCUT2D eigenvalue weighted by Crippen LogP contribution is 2.28. The molecule has 0 aliphatic carbocycles. The Bertz CT molecular complexity index is 651. The summed E-state index contributed by atoms with van der Waals surface area (Å²) in [6.07, 6.45) is 0. The van der Waals surface area contributed by atoms with Crippen molar-refractivity contribution < 1.29 is 27.1 Å². The van der Waals surface area contributed by atoms with Crippen molar-refractivity contribution in [2.45, 2.75) is 10.9 Å². The second-order valence-electron chi connectivity index (χ2n) is 4.30. The fraction of sp³-hybridized carbons (Fsp3) is 0.417. The summed E-state index contributed by atoms with van der Waals surface area (Å²) < 4.78 is 49.3. The third kappa shape index (κ3) is 3.25. The SMILES string of the molecule is COC(=O)C1COCCN1S(=O)(=O)c1ccc(F)cc1Br. The van der Waals surface area contributed by atoms with Crippen LogP contribution in [-0.4, -0.2) is 51.6 Å². The van der Waals surface area contributed by atoms with E-state index in [1.807, 2.05) is 0 Å². The van der Waals surface area contributed by atoms with Crippen LogP contribution in [0.5, 0.6) is 0 Å². The minimum Gasteiger partial charge on any atom is -0.468 e. The monoisotopic (exact) mass is 381 g/mol. The topological polar surface area (TPSA) is 72.9 Å². The Kier molecular flexibility index (Phi) is 4.97. The van der Waals surface area contributed by atoms with Crippen LogP contribution in [0.3, 0.4) is 0 Å². The smallest absolute Gasteiger partial charge is 0.326 e. The molecule has 0 aromatic heterocycles. The molecule has 1 heterocycles. The lowest BCUT2D eigenvalue weighted by Gasteiger charge is -2.32. The number of sulfonamides is 1. The average Bonchev–Trinajstić information content (AvgIpc) is 2.46. The predicted octanol–water partition coefficient (Wildman–Crippen LogP) is 1.15. The number of ether oxygens (including phenoxy) is 2. The van der Waals surface area contributed by atoms with Gasteiger partial charge in [0.25, 0.3) is 0 Å². The quantitative estimate of drug-likeness (QED) is 0.734. The molecule has 0 amide bonds. The van der Waals surface area contributed by atoms with Crippen LogP contribution < -0.4 is 0 Å². The zero-order valence-electron chi connectivity index (χ0n) is 11.1. The molecule has 1 aliphatic rings. The molecule has 0 radical (unpaired) electrons. The van der Waals surface area contributed by atoms with Crippen LogP contribution in [0.2, 0.25) is 0 Å². The van der Waals surface area contributed by atoms with Gasteiger partial charge in [0.1, 0.15) is 11.9 Å². The van der Waals surface area contributed by atoms with E-state index in [2.05, 4.69) is 20.7 Å². The average molecular weight is 382 g/mol. The number of carbonyl (C=O) groups is 1. The Hall–Kier alpha value is -1.03. The zero-order chi connectivity index (χ0) is 15.6. The van der Waals surface area contributed by atoms with Gasteiger partial charge in [0.2, 0.25) is 10.0 Å². The summed E-state index contributed by atoms with van der Waals surface area (Å²) in [7, 11) is -2.80. The first-order valence-corrected chi connectivity index (χ1v) is 8.23. The van der Waals surface area contributed by atoms with Gasteiger partial charge >= 0.3 is 5.97 Å². The fourth-order valence-electron chi connectivity index (χ4n) is 2.01. The van der Waals surface area contributed by atoms with Crippen LogP contribution in [0.1, 0.15) is 0 Å². The lowest BCUT2D eigenvalue weighted by atomic mass is 10.3. The van der Waals surface area contributed by atoms with E-state index in [9.17, 15) is 17.6 Å². The van der Waals surface area contributed by atoms with Crippen molar-refractivity contribution in [2.75, 3.05) is 26.9 Å². The maximum Gasteiger partial charge on any atom is 0.326 e. The van der Waals surface area contributed by atoms with E-state index < -0.39 is 27.9 Å². The molecule has 1 aromatic carbocycles. The highest BCUT2D eigenvalue weighted by molar-refractivity contribution is 9.10. The molecule has 1 atom stereocenters. The second-order valence-corrected chi connectivity index (χ2v) is 7.02. The summed E-state index contributed by atoms with van der Waals surface area (Å²) in [6.45, 7) is 0.113. The lowest BCUT2D eigenvalue weighted by Crippen LogP contribution is -2.52. The molecule has 9 heteroatoms. The van der Waals surface area contributed by atoms with E-state index in [1.54, 1.807) is 0 Å². The molecular formula is C12H13BrFNO5S. The molecule has 2 rings (SSSR count). The molecule has 0 bridgehead atoms. The van der Waals surface area contributed by atoms with Crippen molar-refractivity contribution in [2.24, 2.45) is 0 Å². The van der Waals surface area contributed by atoms with E-state index in [4.69, 9.17) is 4.74 Å². The molecular weight excluding hydrogens is 369 g/mol. The number of methoxy groups -OCH3 is 1. The molecule has 0 N–H and O–H groups in total. The Labute approximate surface area is 130 Å². The molecule has 0 spiro atoms. The van der Waals surface area contributed by atoms with E-state index in [0.717, 1.165) is 22.5 Å². The molecule has 21 heavy (non-hydrogen) atoms. The van der Waals surface area contributed by atoms with Crippen molar-refractivity contribution in [3.8, 4) is 0 Å². The first kappa shape index (κ1) is 16.3. The number of halogens is 2. The van der Waals surface area contributed by atoms with Gasteiger partial charge in [-0.1, -0.05) is 0 Å². The number of hydrogen-bond donors (Lipinski definition) is 0. The molecule has 1 saturated heterocycles. The van der Waals surface area contributed by atoms with Gasteiger partial charge in [0.05, 0.1) is 25.2 Å². The van der Waals surface area contributed by atoms with Crippen molar-refractivity contribution in [3.05, 3.63) is 28.5 Å². The highest BCUT2D eigenvalue weighted by Gasteiger charge is 2.39. The van der Waals surface area contributed by atoms with Crippen LogP contribution >= 0.6 is 15.9 Å². The number of morpholine rings is 1. The molecule has 1 unspecified atom stereocenters. The summed E-state index contributed by atoms with van der Waals surface area (Å²) >= 11 is 3.03. The molecule has 116 valence electrons. The predicted molar refractivity (Wildman–Crippen MR) is 74.6 cm³/mol. The largest absolute Gasteiger partial charge is 0.468 e. The minimum atomic E-state index is -3.97. The Morgan fingerprint density at radius 1 is 1.52 bits per heavy atom. The lowest BCUT2D eigenvalue weighted by molar-refractivity contribution is -0.149. The van der Waals surface area contributed by atoms with Crippen LogP contribution in [0.4, 0.5) is 4.39 Å². The molecule has 1 aliphatic heterocycles. The number of carbonyl (C=O) groups excluding carboxylic acids is 1. The summed E-state index contributed by atoms with van der Waals surface area (Å²) in [6, 6.07) is 2.20. The second kappa shape index (κ2) is 6.39. The maximum absolute atomic E-state index is 13.1. The van der Waals surface area contributed by atoms with Crippen LogP contribution in [0, 0.1) is 5.82 Å². The summed E-state index contributed by atoms with van der Waals surface area (Å²) in [4.78, 5) is 11.6. The van der Waals surface area contributed by atoms with Crippen molar-refractivity contribution in [1.29, 1.82) is 0 Å². The number of hydrogen-bond acceptors (Lipinski definition) is 5. The molecule has 1 fully saturated rings. The molecule has 0 saturated carbocycles. The van der Waals surface area contributed by atoms with Gasteiger partial charge in [-0.05, 0) is 34.1 Å². The number of rotatable bonds is 3. The number of esters is 1. The first-order chi connectivity index (χ1) is 9.87. The van der Waals surface area contributed by atoms with Crippen molar-refractivity contribution >= 4 is 31.9 Å². The highest BCUT2D eigenvalue weighted by atomic mass is 79.9. The van der Waals surface area contributed by atoms with Gasteiger partial charge in [-0.3, -0.25) is 4.79 Å². The van der Waals surface area contributed by atoms with Gasteiger partial charge in [-0.15, -0.1) is 0 Å². The zero-order valence-corrected chi connectivity index (χ0v) is 13.5. The van der Waals surface area contributed by atoms with Crippen molar-refractivity contribution in [1.82, 2.24) is 4.31 Å². The minimum absolute atomic E-state index is 0.0198. The number of nitrogens with zero attached hydrogens (tertiary/aromatic N) is 1. The van der Waals surface area contributed by atoms with Crippen LogP contribution in [-0.2, 0) is 24.3 Å². The van der Waals surface area contributed by atoms with Gasteiger partial charge in [-0.25, -0.2) is 12.8 Å². The molecule has 6 nitrogen and oxygen atoms in total. The van der Waals surface area contributed by atoms with Crippen molar-refractivity contribution in [3.63, 3.8) is 0 Å². The standard InChI is InChI=1S/C12H13BrFNO5S/c1-19-12(16)10-7-20-5-4-15(10)21(17,18)11-3-2-8(14)6-9(11)13/h2-3,6,10H,4-5,7H2,1H3. The van der Waals surface area contributed by atoms with Gasteiger partial charge < -0.3 is 9.47 Å². The fourth-order valence-corrected chi connectivity index (χ4v) is 4.57. The summed E-state index contributed by atoms with van der Waals surface area (Å²) in [5.41, 5.74) is 0. The van der Waals surface area contributed by atoms with E-state index in [1.165, 1.54) is 7.11 Å². The normalized spacial score (nSPS) is 20.2. The van der Waals surface area contributed by atoms with Gasteiger partial charge in [0.15, 0.2) is 0 Å². The maximum atomic E-state index is 13.1. The number of benzene rings is 1. The Morgan fingerprint density at radius 3 is 2.86 bits per heavy atom. The van der Waals surface area contributed by atoms with E-state index >= 15 is 0 Å². The van der Waals surface area contributed by atoms with Crippen LogP contribution in [0.15, 0.2) is 27.6 Å². The third-order valence-corrected chi connectivity index (χ3v) is 5.92. The van der Waals surface area contributed by atoms with Gasteiger partial charge in [-0.2, -0.15) is 4.31 Å². The van der Waals surface area contributed by atoms with Gasteiger partial charge in [0, 0.05) is 11.0 Å². The first-order valence-electron chi connectivity index (χ1n) is 6.00. The summed E-state index contributed by atoms with van der Waals surface area (Å²) in [5, 5.41) is 0. The van der Waals surface area contributed by atoms with Crippen LogP contribution in [0.25, 0.3) is 0 Å².